The lowest BCUT2D eigenvalue weighted by molar-refractivity contribution is -0.141. The fourth-order valence-electron chi connectivity index (χ4n) is 2.45. The van der Waals surface area contributed by atoms with E-state index in [9.17, 15) is 13.2 Å². The highest BCUT2D eigenvalue weighted by Gasteiger charge is 2.34. The second-order valence-electron chi connectivity index (χ2n) is 4.87. The molecule has 1 fully saturated rings. The number of nitrogens with two attached hydrogens (primary N) is 1. The van der Waals surface area contributed by atoms with Crippen molar-refractivity contribution in [1.82, 2.24) is 9.97 Å². The highest BCUT2D eigenvalue weighted by Crippen LogP contribution is 2.29. The van der Waals surface area contributed by atoms with Gasteiger partial charge >= 0.3 is 6.18 Å². The van der Waals surface area contributed by atoms with Gasteiger partial charge in [-0.25, -0.2) is 9.97 Å². The van der Waals surface area contributed by atoms with Crippen molar-refractivity contribution in [3.63, 3.8) is 0 Å². The third kappa shape index (κ3) is 3.15. The molecule has 2 rings (SSSR count). The molecule has 19 heavy (non-hydrogen) atoms. The van der Waals surface area contributed by atoms with E-state index in [0.717, 1.165) is 37.9 Å². The molecule has 106 valence electrons. The first-order valence-electron chi connectivity index (χ1n) is 6.28. The predicted octanol–water partition coefficient (Wildman–Crippen LogP) is 2.20. The van der Waals surface area contributed by atoms with Crippen LogP contribution in [0.3, 0.4) is 0 Å². The second kappa shape index (κ2) is 5.32. The number of rotatable bonds is 2. The van der Waals surface area contributed by atoms with Gasteiger partial charge in [0, 0.05) is 25.3 Å². The molecule has 0 bridgehead atoms. The fourth-order valence-corrected chi connectivity index (χ4v) is 2.45. The molecule has 1 saturated carbocycles. The molecule has 4 nitrogen and oxygen atoms in total. The minimum atomic E-state index is -4.45. The number of halogens is 3. The molecule has 1 aromatic rings. The van der Waals surface area contributed by atoms with Crippen molar-refractivity contribution in [2.75, 3.05) is 11.9 Å². The standard InChI is InChI=1S/C12H17F3N4/c1-19(9-5-3-2-4-8(9)16)11-17-7-6-10(18-11)12(13,14)15/h6-9H,2-5,16H2,1H3. The number of hydrogen-bond donors (Lipinski definition) is 1. The highest BCUT2D eigenvalue weighted by molar-refractivity contribution is 5.32. The zero-order chi connectivity index (χ0) is 14.0. The van der Waals surface area contributed by atoms with E-state index in [2.05, 4.69) is 9.97 Å². The van der Waals surface area contributed by atoms with E-state index in [0.29, 0.717) is 0 Å². The number of nitrogens with zero attached hydrogens (tertiary/aromatic N) is 3. The summed E-state index contributed by atoms with van der Waals surface area (Å²) >= 11 is 0. The van der Waals surface area contributed by atoms with Gasteiger partial charge in [-0.1, -0.05) is 12.8 Å². The molecule has 1 aliphatic carbocycles. The molecule has 2 N–H and O–H groups in total. The fraction of sp³-hybridized carbons (Fsp3) is 0.667. The summed E-state index contributed by atoms with van der Waals surface area (Å²) in [6.45, 7) is 0. The van der Waals surface area contributed by atoms with E-state index in [1.54, 1.807) is 11.9 Å². The molecule has 2 atom stereocenters. The van der Waals surface area contributed by atoms with Crippen molar-refractivity contribution < 1.29 is 13.2 Å². The molecule has 2 unspecified atom stereocenters. The van der Waals surface area contributed by atoms with Gasteiger partial charge in [0.2, 0.25) is 5.95 Å². The maximum atomic E-state index is 12.6. The number of aromatic nitrogens is 2. The summed E-state index contributed by atoms with van der Waals surface area (Å²) in [6.07, 6.45) is 0.519. The van der Waals surface area contributed by atoms with Gasteiger partial charge in [-0.2, -0.15) is 13.2 Å². The van der Waals surface area contributed by atoms with Crippen molar-refractivity contribution in [3.8, 4) is 0 Å². The monoisotopic (exact) mass is 274 g/mol. The highest BCUT2D eigenvalue weighted by atomic mass is 19.4. The van der Waals surface area contributed by atoms with Crippen LogP contribution in [0.15, 0.2) is 12.3 Å². The normalized spacial score (nSPS) is 24.3. The Morgan fingerprint density at radius 2 is 2.00 bits per heavy atom. The van der Waals surface area contributed by atoms with E-state index in [1.165, 1.54) is 0 Å². The Kier molecular flexibility index (Phi) is 3.93. The van der Waals surface area contributed by atoms with E-state index < -0.39 is 11.9 Å². The van der Waals surface area contributed by atoms with Crippen molar-refractivity contribution in [1.29, 1.82) is 0 Å². The van der Waals surface area contributed by atoms with Crippen LogP contribution in [0.2, 0.25) is 0 Å². The maximum absolute atomic E-state index is 12.6. The summed E-state index contributed by atoms with van der Waals surface area (Å²) in [7, 11) is 1.70. The van der Waals surface area contributed by atoms with Gasteiger partial charge in [0.05, 0.1) is 0 Å². The molecule has 0 amide bonds. The smallest absolute Gasteiger partial charge is 0.339 e. The molecule has 1 aliphatic rings. The maximum Gasteiger partial charge on any atom is 0.433 e. The largest absolute Gasteiger partial charge is 0.433 e. The first-order chi connectivity index (χ1) is 8.89. The summed E-state index contributed by atoms with van der Waals surface area (Å²) in [5.41, 5.74) is 5.10. The topological polar surface area (TPSA) is 55.0 Å². The van der Waals surface area contributed by atoms with Gasteiger partial charge in [-0.3, -0.25) is 0 Å². The Morgan fingerprint density at radius 1 is 1.32 bits per heavy atom. The van der Waals surface area contributed by atoms with Crippen molar-refractivity contribution in [2.24, 2.45) is 5.73 Å². The Morgan fingerprint density at radius 3 is 2.63 bits per heavy atom. The van der Waals surface area contributed by atoms with Gasteiger partial charge in [-0.15, -0.1) is 0 Å². The van der Waals surface area contributed by atoms with Crippen LogP contribution in [0.1, 0.15) is 31.4 Å². The molecule has 0 saturated heterocycles. The van der Waals surface area contributed by atoms with Gasteiger partial charge < -0.3 is 10.6 Å². The molecule has 0 radical (unpaired) electrons. The van der Waals surface area contributed by atoms with E-state index in [4.69, 9.17) is 5.73 Å². The Hall–Kier alpha value is -1.37. The third-order valence-electron chi connectivity index (χ3n) is 3.53. The average molecular weight is 274 g/mol. The molecular formula is C12H17F3N4. The third-order valence-corrected chi connectivity index (χ3v) is 3.53. The van der Waals surface area contributed by atoms with Crippen LogP contribution in [0.4, 0.5) is 19.1 Å². The Labute approximate surface area is 109 Å². The van der Waals surface area contributed by atoms with Gasteiger partial charge in [0.25, 0.3) is 0 Å². The lowest BCUT2D eigenvalue weighted by atomic mass is 9.90. The molecular weight excluding hydrogens is 257 g/mol. The number of hydrogen-bond acceptors (Lipinski definition) is 4. The lowest BCUT2D eigenvalue weighted by Gasteiger charge is -2.36. The van der Waals surface area contributed by atoms with Crippen LogP contribution >= 0.6 is 0 Å². The zero-order valence-electron chi connectivity index (χ0n) is 10.7. The van der Waals surface area contributed by atoms with Crippen LogP contribution in [0.5, 0.6) is 0 Å². The second-order valence-corrected chi connectivity index (χ2v) is 4.87. The van der Waals surface area contributed by atoms with Crippen molar-refractivity contribution in [2.45, 2.75) is 43.9 Å². The Balaban J connectivity index is 2.21. The van der Waals surface area contributed by atoms with E-state index in [1.807, 2.05) is 0 Å². The van der Waals surface area contributed by atoms with E-state index in [-0.39, 0.29) is 18.0 Å². The molecule has 1 heterocycles. The van der Waals surface area contributed by atoms with Gasteiger partial charge in [-0.05, 0) is 18.9 Å². The van der Waals surface area contributed by atoms with Crippen LogP contribution in [0, 0.1) is 0 Å². The van der Waals surface area contributed by atoms with Crippen LogP contribution in [0.25, 0.3) is 0 Å². The minimum Gasteiger partial charge on any atom is -0.339 e. The quantitative estimate of drug-likeness (QED) is 0.898. The first-order valence-corrected chi connectivity index (χ1v) is 6.28. The molecule has 0 spiro atoms. The number of anilines is 1. The average Bonchev–Trinajstić information content (AvgIpc) is 2.38. The SMILES string of the molecule is CN(c1nccc(C(F)(F)F)n1)C1CCCCC1N. The number of alkyl halides is 3. The molecule has 0 aromatic carbocycles. The zero-order valence-corrected chi connectivity index (χ0v) is 10.7. The lowest BCUT2D eigenvalue weighted by Crippen LogP contribution is -2.48. The summed E-state index contributed by atoms with van der Waals surface area (Å²) < 4.78 is 37.9. The van der Waals surface area contributed by atoms with Crippen LogP contribution in [-0.2, 0) is 6.18 Å². The van der Waals surface area contributed by atoms with Gasteiger partial charge in [0.15, 0.2) is 0 Å². The molecule has 7 heteroatoms. The van der Waals surface area contributed by atoms with Crippen molar-refractivity contribution >= 4 is 5.95 Å². The van der Waals surface area contributed by atoms with E-state index >= 15 is 0 Å². The number of likely N-dealkylation sites (N-methyl/N-ethyl adjacent to an activating group) is 1. The minimum absolute atomic E-state index is 0.00256. The van der Waals surface area contributed by atoms with Crippen LogP contribution < -0.4 is 10.6 Å². The summed E-state index contributed by atoms with van der Waals surface area (Å²) in [4.78, 5) is 9.18. The summed E-state index contributed by atoms with van der Waals surface area (Å²) in [5.74, 6) is 0.0807. The summed E-state index contributed by atoms with van der Waals surface area (Å²) in [6, 6.07) is 0.826. The molecule has 0 aliphatic heterocycles. The van der Waals surface area contributed by atoms with Crippen molar-refractivity contribution in [3.05, 3.63) is 18.0 Å². The molecule has 1 aromatic heterocycles. The van der Waals surface area contributed by atoms with Gasteiger partial charge in [0.1, 0.15) is 5.69 Å². The summed E-state index contributed by atoms with van der Waals surface area (Å²) in [5, 5.41) is 0. The Bertz CT molecular complexity index is 435. The predicted molar refractivity (Wildman–Crippen MR) is 65.7 cm³/mol. The first kappa shape index (κ1) is 14.0. The van der Waals surface area contributed by atoms with Crippen LogP contribution in [-0.4, -0.2) is 29.1 Å².